The van der Waals surface area contributed by atoms with Gasteiger partial charge in [-0.2, -0.15) is 0 Å². The normalized spacial score (nSPS) is 11.9. The third kappa shape index (κ3) is 2.23. The molecule has 2 rings (SSSR count). The van der Waals surface area contributed by atoms with Crippen LogP contribution in [0.4, 0.5) is 0 Å². The van der Waals surface area contributed by atoms with Crippen LogP contribution >= 0.6 is 0 Å². The van der Waals surface area contributed by atoms with Gasteiger partial charge in [0.2, 0.25) is 15.0 Å². The minimum absolute atomic E-state index is 0.0532. The maximum Gasteiger partial charge on any atom is 0.227 e. The Bertz CT molecular complexity index is 620. The number of hydrogen-bond acceptors (Lipinski definition) is 5. The van der Waals surface area contributed by atoms with Crippen LogP contribution in [-0.4, -0.2) is 29.4 Å². The molecule has 0 saturated carbocycles. The molecule has 6 nitrogen and oxygen atoms in total. The Hall–Kier alpha value is -1.63. The van der Waals surface area contributed by atoms with Gasteiger partial charge in [-0.25, -0.2) is 13.4 Å². The van der Waals surface area contributed by atoms with E-state index in [1.54, 1.807) is 17.7 Å². The molecule has 0 saturated heterocycles. The van der Waals surface area contributed by atoms with E-state index in [0.717, 1.165) is 17.5 Å². The fourth-order valence-electron chi connectivity index (χ4n) is 1.64. The summed E-state index contributed by atoms with van der Waals surface area (Å²) in [7, 11) is -3.32. The van der Waals surface area contributed by atoms with E-state index in [0.29, 0.717) is 12.3 Å². The Balaban J connectivity index is 2.42. The summed E-state index contributed by atoms with van der Waals surface area (Å²) >= 11 is 0. The highest BCUT2D eigenvalue weighted by atomic mass is 32.2. The van der Waals surface area contributed by atoms with Crippen molar-refractivity contribution in [3.8, 4) is 0 Å². The quantitative estimate of drug-likeness (QED) is 0.815. The molecule has 2 aromatic heterocycles. The van der Waals surface area contributed by atoms with Gasteiger partial charge >= 0.3 is 0 Å². The first-order chi connectivity index (χ1) is 7.89. The zero-order valence-corrected chi connectivity index (χ0v) is 10.7. The second-order valence-electron chi connectivity index (χ2n) is 3.91. The molecule has 0 unspecified atom stereocenters. The van der Waals surface area contributed by atoms with Gasteiger partial charge in [0.05, 0.1) is 12.2 Å². The minimum Gasteiger partial charge on any atom is -0.361 e. The van der Waals surface area contributed by atoms with Gasteiger partial charge in [0.15, 0.2) is 0 Å². The van der Waals surface area contributed by atoms with Gasteiger partial charge in [-0.1, -0.05) is 5.16 Å². The Morgan fingerprint density at radius 2 is 2.12 bits per heavy atom. The fourth-order valence-corrected chi connectivity index (χ4v) is 2.45. The maximum absolute atomic E-state index is 11.5. The molecule has 0 N–H and O–H groups in total. The first kappa shape index (κ1) is 11.8. The molecular formula is C10H13N3O3S. The molecule has 0 aliphatic rings. The fraction of sp³-hybridized carbons (Fsp3) is 0.400. The molecule has 0 bridgehead atoms. The summed E-state index contributed by atoms with van der Waals surface area (Å²) in [5.74, 6) is 0.690. The van der Waals surface area contributed by atoms with E-state index in [1.807, 2.05) is 6.92 Å². The van der Waals surface area contributed by atoms with Crippen molar-refractivity contribution < 1.29 is 12.9 Å². The predicted octanol–water partition coefficient (Wildman–Crippen LogP) is 0.940. The van der Waals surface area contributed by atoms with Crippen LogP contribution < -0.4 is 0 Å². The lowest BCUT2D eigenvalue weighted by Gasteiger charge is -2.05. The molecule has 92 valence electrons. The minimum atomic E-state index is -3.32. The number of hydrogen-bond donors (Lipinski definition) is 0. The monoisotopic (exact) mass is 255 g/mol. The Labute approximate surface area is 99.2 Å². The molecule has 0 radical (unpaired) electrons. The van der Waals surface area contributed by atoms with Crippen molar-refractivity contribution in [2.24, 2.45) is 0 Å². The molecular weight excluding hydrogens is 242 g/mol. The first-order valence-electron chi connectivity index (χ1n) is 5.02. The van der Waals surface area contributed by atoms with Crippen LogP contribution in [0.15, 0.2) is 22.1 Å². The van der Waals surface area contributed by atoms with Crippen LogP contribution in [0.25, 0.3) is 0 Å². The third-order valence-electron chi connectivity index (χ3n) is 2.52. The second-order valence-corrected chi connectivity index (χ2v) is 5.82. The molecule has 0 amide bonds. The lowest BCUT2D eigenvalue weighted by atomic mass is 10.2. The van der Waals surface area contributed by atoms with E-state index < -0.39 is 9.84 Å². The van der Waals surface area contributed by atoms with Gasteiger partial charge in [0, 0.05) is 24.2 Å². The first-order valence-corrected chi connectivity index (χ1v) is 6.91. The SMILES string of the molecule is Cc1noc(C)c1Cn1ccnc1S(C)(=O)=O. The van der Waals surface area contributed by atoms with E-state index >= 15 is 0 Å². The smallest absolute Gasteiger partial charge is 0.227 e. The van der Waals surface area contributed by atoms with Crippen molar-refractivity contribution in [1.29, 1.82) is 0 Å². The van der Waals surface area contributed by atoms with E-state index in [-0.39, 0.29) is 5.16 Å². The molecule has 0 spiro atoms. The number of aryl methyl sites for hydroxylation is 2. The van der Waals surface area contributed by atoms with Crippen molar-refractivity contribution in [1.82, 2.24) is 14.7 Å². The highest BCUT2D eigenvalue weighted by Gasteiger charge is 2.17. The summed E-state index contributed by atoms with van der Waals surface area (Å²) in [5.41, 5.74) is 1.64. The van der Waals surface area contributed by atoms with Crippen LogP contribution in [0.3, 0.4) is 0 Å². The van der Waals surface area contributed by atoms with E-state index in [9.17, 15) is 8.42 Å². The van der Waals surface area contributed by atoms with Crippen molar-refractivity contribution >= 4 is 9.84 Å². The van der Waals surface area contributed by atoms with E-state index in [4.69, 9.17) is 4.52 Å². The molecule has 0 atom stereocenters. The van der Waals surface area contributed by atoms with Gasteiger partial charge < -0.3 is 9.09 Å². The van der Waals surface area contributed by atoms with Gasteiger partial charge in [-0.15, -0.1) is 0 Å². The van der Waals surface area contributed by atoms with Crippen LogP contribution in [0.5, 0.6) is 0 Å². The Morgan fingerprint density at radius 3 is 2.65 bits per heavy atom. The predicted molar refractivity (Wildman–Crippen MR) is 60.4 cm³/mol. The molecule has 0 aliphatic heterocycles. The van der Waals surface area contributed by atoms with Crippen LogP contribution in [0.1, 0.15) is 17.0 Å². The molecule has 2 aromatic rings. The van der Waals surface area contributed by atoms with Crippen LogP contribution in [0, 0.1) is 13.8 Å². The average molecular weight is 255 g/mol. The molecule has 2 heterocycles. The Morgan fingerprint density at radius 1 is 1.41 bits per heavy atom. The molecule has 0 aliphatic carbocycles. The summed E-state index contributed by atoms with van der Waals surface area (Å²) in [6.07, 6.45) is 4.23. The number of aromatic nitrogens is 3. The standard InChI is InChI=1S/C10H13N3O3S/c1-7-9(8(2)16-12-7)6-13-5-4-11-10(13)17(3,14)15/h4-5H,6H2,1-3H3. The van der Waals surface area contributed by atoms with Gasteiger partial charge in [0.25, 0.3) is 0 Å². The zero-order valence-electron chi connectivity index (χ0n) is 9.84. The molecule has 7 heteroatoms. The van der Waals surface area contributed by atoms with Crippen LogP contribution in [0.2, 0.25) is 0 Å². The lowest BCUT2D eigenvalue weighted by molar-refractivity contribution is 0.392. The molecule has 0 aromatic carbocycles. The lowest BCUT2D eigenvalue weighted by Crippen LogP contribution is -2.10. The van der Waals surface area contributed by atoms with Gasteiger partial charge in [-0.05, 0) is 13.8 Å². The van der Waals surface area contributed by atoms with Crippen molar-refractivity contribution in [2.75, 3.05) is 6.26 Å². The van der Waals surface area contributed by atoms with E-state index in [1.165, 1.54) is 6.20 Å². The number of sulfone groups is 1. The van der Waals surface area contributed by atoms with Crippen molar-refractivity contribution in [3.63, 3.8) is 0 Å². The Kier molecular flexibility index (Phi) is 2.78. The third-order valence-corrected chi connectivity index (χ3v) is 3.52. The summed E-state index contributed by atoms with van der Waals surface area (Å²) < 4.78 is 29.6. The van der Waals surface area contributed by atoms with Gasteiger partial charge in [-0.3, -0.25) is 0 Å². The average Bonchev–Trinajstić information content (AvgIpc) is 2.79. The summed E-state index contributed by atoms with van der Waals surface area (Å²) in [5, 5.41) is 3.88. The zero-order chi connectivity index (χ0) is 12.6. The van der Waals surface area contributed by atoms with Crippen molar-refractivity contribution in [2.45, 2.75) is 25.5 Å². The summed E-state index contributed by atoms with van der Waals surface area (Å²) in [6, 6.07) is 0. The van der Waals surface area contributed by atoms with Crippen molar-refractivity contribution in [3.05, 3.63) is 29.4 Å². The second kappa shape index (κ2) is 3.99. The summed E-state index contributed by atoms with van der Waals surface area (Å²) in [4.78, 5) is 3.85. The topological polar surface area (TPSA) is 78.0 Å². The van der Waals surface area contributed by atoms with Gasteiger partial charge in [0.1, 0.15) is 5.76 Å². The number of nitrogens with zero attached hydrogens (tertiary/aromatic N) is 3. The summed E-state index contributed by atoms with van der Waals surface area (Å²) in [6.45, 7) is 4.01. The van der Waals surface area contributed by atoms with E-state index in [2.05, 4.69) is 10.1 Å². The highest BCUT2D eigenvalue weighted by Crippen LogP contribution is 2.16. The maximum atomic E-state index is 11.5. The van der Waals surface area contributed by atoms with Crippen LogP contribution in [-0.2, 0) is 16.4 Å². The molecule has 0 fully saturated rings. The number of rotatable bonds is 3. The highest BCUT2D eigenvalue weighted by molar-refractivity contribution is 7.90. The largest absolute Gasteiger partial charge is 0.361 e. The number of imidazole rings is 1. The molecule has 17 heavy (non-hydrogen) atoms.